The number of hydrogen-bond donors (Lipinski definition) is 2. The van der Waals surface area contributed by atoms with Gasteiger partial charge < -0.3 is 5.32 Å². The van der Waals surface area contributed by atoms with Crippen LogP contribution in [0.25, 0.3) is 0 Å². The van der Waals surface area contributed by atoms with Gasteiger partial charge in [-0.3, -0.25) is 0 Å². The highest BCUT2D eigenvalue weighted by molar-refractivity contribution is 7.87. The molecule has 5 nitrogen and oxygen atoms in total. The average molecular weight is 242 g/mol. The van der Waals surface area contributed by atoms with E-state index in [-0.39, 0.29) is 18.4 Å². The number of nitrogens with one attached hydrogen (secondary N) is 2. The van der Waals surface area contributed by atoms with Crippen LogP contribution < -0.4 is 10.0 Å². The summed E-state index contributed by atoms with van der Waals surface area (Å²) >= 11 is 0. The summed E-state index contributed by atoms with van der Waals surface area (Å²) in [6, 6.07) is 0.175. The second kappa shape index (κ2) is 3.94. The molecule has 84 valence electrons. The van der Waals surface area contributed by atoms with Crippen molar-refractivity contribution in [1.29, 1.82) is 0 Å². The summed E-state index contributed by atoms with van der Waals surface area (Å²) in [4.78, 5) is 0. The Morgan fingerprint density at radius 3 is 2.21 bits per heavy atom. The van der Waals surface area contributed by atoms with Gasteiger partial charge in [0.05, 0.1) is 0 Å². The van der Waals surface area contributed by atoms with Crippen molar-refractivity contribution in [2.45, 2.75) is 6.04 Å². The lowest BCUT2D eigenvalue weighted by Crippen LogP contribution is -2.40. The minimum Gasteiger partial charge on any atom is -0.316 e. The molecule has 0 aromatic heterocycles. The van der Waals surface area contributed by atoms with Gasteiger partial charge in [0.25, 0.3) is 10.2 Å². The predicted octanol–water partition coefficient (Wildman–Crippen LogP) is -0.978. The van der Waals surface area contributed by atoms with Crippen LogP contribution in [0.1, 0.15) is 0 Å². The highest BCUT2D eigenvalue weighted by atomic mass is 35.5. The Kier molecular flexibility index (Phi) is 3.43. The lowest BCUT2D eigenvalue weighted by molar-refractivity contribution is 0.496. The molecule has 2 aliphatic rings. The Morgan fingerprint density at radius 2 is 1.79 bits per heavy atom. The molecular formula is C7H16ClN3O2S. The minimum atomic E-state index is -3.22. The standard InChI is InChI=1S/C7H15N3O2S.ClH/c1-10(2)13(11,12)9-7-5-3-8-4-6(5)7;/h5-9H,3-4H2,1-2H3;1H/t5-,6+,7?;. The van der Waals surface area contributed by atoms with E-state index in [0.29, 0.717) is 11.8 Å². The predicted molar refractivity (Wildman–Crippen MR) is 56.6 cm³/mol. The Bertz CT molecular complexity index is 296. The van der Waals surface area contributed by atoms with Crippen molar-refractivity contribution in [2.75, 3.05) is 27.2 Å². The highest BCUT2D eigenvalue weighted by Crippen LogP contribution is 2.41. The summed E-state index contributed by atoms with van der Waals surface area (Å²) in [7, 11) is -0.141. The number of rotatable bonds is 3. The van der Waals surface area contributed by atoms with Gasteiger partial charge in [0.1, 0.15) is 0 Å². The molecule has 14 heavy (non-hydrogen) atoms. The molecule has 1 saturated heterocycles. The quantitative estimate of drug-likeness (QED) is 0.668. The maximum atomic E-state index is 11.4. The first kappa shape index (κ1) is 12.2. The molecule has 2 rings (SSSR count). The lowest BCUT2D eigenvalue weighted by Gasteiger charge is -2.13. The number of fused-ring (bicyclic) bond motifs is 1. The van der Waals surface area contributed by atoms with Crippen LogP contribution in [0.3, 0.4) is 0 Å². The summed E-state index contributed by atoms with van der Waals surface area (Å²) in [5.74, 6) is 1.05. The van der Waals surface area contributed by atoms with Crippen molar-refractivity contribution < 1.29 is 8.42 Å². The maximum Gasteiger partial charge on any atom is 0.279 e. The lowest BCUT2D eigenvalue weighted by atomic mass is 10.4. The summed E-state index contributed by atoms with van der Waals surface area (Å²) in [5.41, 5.74) is 0. The second-order valence-electron chi connectivity index (χ2n) is 3.92. The minimum absolute atomic E-state index is 0. The van der Waals surface area contributed by atoms with Gasteiger partial charge in [-0.05, 0) is 24.9 Å². The molecule has 1 unspecified atom stereocenters. The first-order valence-electron chi connectivity index (χ1n) is 4.43. The van der Waals surface area contributed by atoms with Gasteiger partial charge in [0.15, 0.2) is 0 Å². The van der Waals surface area contributed by atoms with Crippen molar-refractivity contribution in [3.8, 4) is 0 Å². The molecule has 2 N–H and O–H groups in total. The van der Waals surface area contributed by atoms with Gasteiger partial charge in [-0.1, -0.05) is 0 Å². The zero-order valence-electron chi connectivity index (χ0n) is 8.23. The third kappa shape index (κ3) is 2.04. The molecule has 0 aromatic carbocycles. The van der Waals surface area contributed by atoms with Crippen LogP contribution in [-0.2, 0) is 10.2 Å². The largest absolute Gasteiger partial charge is 0.316 e. The molecule has 7 heteroatoms. The summed E-state index contributed by atoms with van der Waals surface area (Å²) < 4.78 is 26.7. The number of nitrogens with zero attached hydrogens (tertiary/aromatic N) is 1. The third-order valence-electron chi connectivity index (χ3n) is 2.86. The van der Waals surface area contributed by atoms with E-state index < -0.39 is 10.2 Å². The topological polar surface area (TPSA) is 61.4 Å². The molecule has 1 aliphatic heterocycles. The Balaban J connectivity index is 0.000000980. The van der Waals surface area contributed by atoms with Gasteiger partial charge in [-0.2, -0.15) is 17.4 Å². The summed E-state index contributed by atoms with van der Waals surface area (Å²) in [6.45, 7) is 1.90. The fraction of sp³-hybridized carbons (Fsp3) is 1.00. The first-order chi connectivity index (χ1) is 6.02. The van der Waals surface area contributed by atoms with Crippen LogP contribution in [-0.4, -0.2) is 45.9 Å². The van der Waals surface area contributed by atoms with Crippen molar-refractivity contribution in [3.05, 3.63) is 0 Å². The van der Waals surface area contributed by atoms with E-state index in [1.807, 2.05) is 0 Å². The average Bonchev–Trinajstić information content (AvgIpc) is 2.49. The Labute approximate surface area is 90.8 Å². The molecule has 3 atom stereocenters. The van der Waals surface area contributed by atoms with Crippen LogP contribution in [0.4, 0.5) is 0 Å². The molecule has 0 bridgehead atoms. The van der Waals surface area contributed by atoms with E-state index in [0.717, 1.165) is 13.1 Å². The SMILES string of the molecule is CN(C)S(=O)(=O)NC1[C@H]2CNC[C@@H]12.Cl. The van der Waals surface area contributed by atoms with E-state index in [9.17, 15) is 8.42 Å². The number of halogens is 1. The van der Waals surface area contributed by atoms with E-state index in [1.165, 1.54) is 4.31 Å². The summed E-state index contributed by atoms with van der Waals surface area (Å²) in [5, 5.41) is 3.22. The molecule has 0 spiro atoms. The molecule has 0 amide bonds. The van der Waals surface area contributed by atoms with E-state index in [4.69, 9.17) is 0 Å². The monoisotopic (exact) mass is 241 g/mol. The van der Waals surface area contributed by atoms with Crippen molar-refractivity contribution in [1.82, 2.24) is 14.3 Å². The van der Waals surface area contributed by atoms with E-state index in [2.05, 4.69) is 10.0 Å². The van der Waals surface area contributed by atoms with Crippen LogP contribution in [0, 0.1) is 11.8 Å². The van der Waals surface area contributed by atoms with Gasteiger partial charge in [-0.25, -0.2) is 0 Å². The molecule has 2 fully saturated rings. The first-order valence-corrected chi connectivity index (χ1v) is 5.87. The molecule has 1 saturated carbocycles. The highest BCUT2D eigenvalue weighted by Gasteiger charge is 2.54. The molecule has 0 radical (unpaired) electrons. The van der Waals surface area contributed by atoms with Crippen LogP contribution in [0.5, 0.6) is 0 Å². The maximum absolute atomic E-state index is 11.4. The number of hydrogen-bond acceptors (Lipinski definition) is 3. The third-order valence-corrected chi connectivity index (χ3v) is 4.39. The van der Waals surface area contributed by atoms with Gasteiger partial charge >= 0.3 is 0 Å². The summed E-state index contributed by atoms with van der Waals surface area (Å²) in [6.07, 6.45) is 0. The van der Waals surface area contributed by atoms with Gasteiger partial charge in [-0.15, -0.1) is 12.4 Å². The molecule has 1 heterocycles. The molecule has 0 aromatic rings. The van der Waals surface area contributed by atoms with E-state index >= 15 is 0 Å². The fourth-order valence-electron chi connectivity index (χ4n) is 1.87. The normalized spacial score (nSPS) is 35.2. The molecule has 1 aliphatic carbocycles. The zero-order chi connectivity index (χ0) is 9.64. The molecular weight excluding hydrogens is 226 g/mol. The zero-order valence-corrected chi connectivity index (χ0v) is 9.86. The second-order valence-corrected chi connectivity index (χ2v) is 5.83. The van der Waals surface area contributed by atoms with Crippen LogP contribution >= 0.6 is 12.4 Å². The fourth-order valence-corrected chi connectivity index (χ4v) is 2.77. The van der Waals surface area contributed by atoms with Crippen LogP contribution in [0.15, 0.2) is 0 Å². The Morgan fingerprint density at radius 1 is 1.29 bits per heavy atom. The number of piperidine rings is 1. The van der Waals surface area contributed by atoms with Crippen molar-refractivity contribution >= 4 is 22.6 Å². The smallest absolute Gasteiger partial charge is 0.279 e. The van der Waals surface area contributed by atoms with Crippen LogP contribution in [0.2, 0.25) is 0 Å². The Hall–Kier alpha value is 0.120. The van der Waals surface area contributed by atoms with Gasteiger partial charge in [0.2, 0.25) is 0 Å². The van der Waals surface area contributed by atoms with Gasteiger partial charge in [0, 0.05) is 20.1 Å². The van der Waals surface area contributed by atoms with Crippen molar-refractivity contribution in [2.24, 2.45) is 11.8 Å². The van der Waals surface area contributed by atoms with E-state index in [1.54, 1.807) is 14.1 Å². The van der Waals surface area contributed by atoms with Crippen molar-refractivity contribution in [3.63, 3.8) is 0 Å².